The van der Waals surface area contributed by atoms with Crippen molar-refractivity contribution in [3.05, 3.63) is 35.6 Å². The van der Waals surface area contributed by atoms with Crippen LogP contribution in [0.1, 0.15) is 12.6 Å². The summed E-state index contributed by atoms with van der Waals surface area (Å²) in [4.78, 5) is 4.42. The van der Waals surface area contributed by atoms with E-state index in [9.17, 15) is 0 Å². The molecule has 18 heavy (non-hydrogen) atoms. The molecule has 0 saturated carbocycles. The number of nitrogens with one attached hydrogen (secondary N) is 1. The highest BCUT2D eigenvalue weighted by molar-refractivity contribution is 7.17. The summed E-state index contributed by atoms with van der Waals surface area (Å²) < 4.78 is 3.07. The van der Waals surface area contributed by atoms with E-state index in [-0.39, 0.29) is 0 Å². The van der Waals surface area contributed by atoms with Gasteiger partial charge >= 0.3 is 0 Å². The number of nitrogens with zero attached hydrogens (tertiary/aromatic N) is 3. The van der Waals surface area contributed by atoms with Crippen molar-refractivity contribution in [1.82, 2.24) is 14.8 Å². The lowest BCUT2D eigenvalue weighted by atomic mass is 10.2. The van der Waals surface area contributed by atoms with Gasteiger partial charge in [-0.3, -0.25) is 4.68 Å². The van der Waals surface area contributed by atoms with Crippen molar-refractivity contribution in [2.24, 2.45) is 7.05 Å². The molecule has 0 amide bonds. The molecule has 1 N–H and O–H groups in total. The standard InChI is InChI=1S/C13H14N4S/c1-3-10-11(8-17(2)16-10)15-13-9-5-7-18-12(9)4-6-14-13/h4-8H,3H2,1-2H3,(H,14,15). The van der Waals surface area contributed by atoms with Crippen LogP contribution >= 0.6 is 11.3 Å². The molecule has 3 aromatic rings. The van der Waals surface area contributed by atoms with E-state index >= 15 is 0 Å². The fraction of sp³-hybridized carbons (Fsp3) is 0.231. The van der Waals surface area contributed by atoms with Crippen LogP contribution < -0.4 is 5.32 Å². The third-order valence-electron chi connectivity index (χ3n) is 2.87. The van der Waals surface area contributed by atoms with Gasteiger partial charge in [-0.25, -0.2) is 4.98 Å². The maximum absolute atomic E-state index is 4.42. The largest absolute Gasteiger partial charge is 0.337 e. The summed E-state index contributed by atoms with van der Waals surface area (Å²) in [5, 5.41) is 11.1. The fourth-order valence-electron chi connectivity index (χ4n) is 2.02. The van der Waals surface area contributed by atoms with Crippen molar-refractivity contribution >= 4 is 32.9 Å². The van der Waals surface area contributed by atoms with Gasteiger partial charge in [0.15, 0.2) is 0 Å². The van der Waals surface area contributed by atoms with E-state index in [0.717, 1.165) is 29.0 Å². The SMILES string of the molecule is CCc1nn(C)cc1Nc1nccc2sccc12. The molecule has 3 rings (SSSR count). The zero-order valence-corrected chi connectivity index (χ0v) is 11.2. The van der Waals surface area contributed by atoms with Crippen LogP contribution in [0.4, 0.5) is 11.5 Å². The van der Waals surface area contributed by atoms with Gasteiger partial charge in [0.05, 0.1) is 11.4 Å². The van der Waals surface area contributed by atoms with Gasteiger partial charge in [0.25, 0.3) is 0 Å². The first-order valence-electron chi connectivity index (χ1n) is 5.89. The molecule has 0 fully saturated rings. The molecule has 5 heteroatoms. The van der Waals surface area contributed by atoms with E-state index in [2.05, 4.69) is 33.8 Å². The topological polar surface area (TPSA) is 42.7 Å². The minimum Gasteiger partial charge on any atom is -0.337 e. The second-order valence-electron chi connectivity index (χ2n) is 4.13. The zero-order valence-electron chi connectivity index (χ0n) is 10.3. The number of rotatable bonds is 3. The molecular weight excluding hydrogens is 244 g/mol. The van der Waals surface area contributed by atoms with Crippen molar-refractivity contribution in [2.75, 3.05) is 5.32 Å². The summed E-state index contributed by atoms with van der Waals surface area (Å²) in [5.74, 6) is 0.899. The Morgan fingerprint density at radius 2 is 2.28 bits per heavy atom. The molecule has 0 aromatic carbocycles. The van der Waals surface area contributed by atoms with Gasteiger partial charge in [0.2, 0.25) is 0 Å². The summed E-state index contributed by atoms with van der Waals surface area (Å²) in [6, 6.07) is 4.13. The molecule has 0 atom stereocenters. The molecular formula is C13H14N4S. The minimum absolute atomic E-state index is 0.899. The predicted octanol–water partition coefficient (Wildman–Crippen LogP) is 3.34. The number of fused-ring (bicyclic) bond motifs is 1. The fourth-order valence-corrected chi connectivity index (χ4v) is 2.80. The van der Waals surface area contributed by atoms with Crippen LogP contribution in [0.2, 0.25) is 0 Å². The quantitative estimate of drug-likeness (QED) is 0.783. The summed E-state index contributed by atoms with van der Waals surface area (Å²) in [5.41, 5.74) is 2.10. The summed E-state index contributed by atoms with van der Waals surface area (Å²) in [6.45, 7) is 2.10. The van der Waals surface area contributed by atoms with Crippen molar-refractivity contribution < 1.29 is 0 Å². The van der Waals surface area contributed by atoms with Crippen molar-refractivity contribution in [1.29, 1.82) is 0 Å². The molecule has 3 heterocycles. The number of anilines is 2. The second-order valence-corrected chi connectivity index (χ2v) is 5.08. The van der Waals surface area contributed by atoms with Gasteiger partial charge in [0.1, 0.15) is 5.82 Å². The summed E-state index contributed by atoms with van der Waals surface area (Å²) in [7, 11) is 1.93. The van der Waals surface area contributed by atoms with Crippen molar-refractivity contribution in [2.45, 2.75) is 13.3 Å². The zero-order chi connectivity index (χ0) is 12.5. The van der Waals surface area contributed by atoms with Crippen molar-refractivity contribution in [3.63, 3.8) is 0 Å². The van der Waals surface area contributed by atoms with E-state index in [1.807, 2.05) is 30.2 Å². The first-order valence-corrected chi connectivity index (χ1v) is 6.77. The van der Waals surface area contributed by atoms with Crippen LogP contribution in [0.5, 0.6) is 0 Å². The van der Waals surface area contributed by atoms with Gasteiger partial charge in [-0.15, -0.1) is 11.3 Å². The Morgan fingerprint density at radius 3 is 3.11 bits per heavy atom. The highest BCUT2D eigenvalue weighted by Crippen LogP contribution is 2.28. The molecule has 0 aliphatic rings. The van der Waals surface area contributed by atoms with Gasteiger partial charge in [0, 0.05) is 29.5 Å². The lowest BCUT2D eigenvalue weighted by Crippen LogP contribution is -1.95. The first-order chi connectivity index (χ1) is 8.78. The minimum atomic E-state index is 0.899. The predicted molar refractivity (Wildman–Crippen MR) is 75.5 cm³/mol. The van der Waals surface area contributed by atoms with Gasteiger partial charge < -0.3 is 5.32 Å². The van der Waals surface area contributed by atoms with Gasteiger partial charge in [-0.1, -0.05) is 6.92 Å². The molecule has 0 saturated heterocycles. The molecule has 3 aromatic heterocycles. The highest BCUT2D eigenvalue weighted by atomic mass is 32.1. The number of hydrogen-bond acceptors (Lipinski definition) is 4. The Kier molecular flexibility index (Phi) is 2.76. The lowest BCUT2D eigenvalue weighted by molar-refractivity contribution is 0.746. The molecule has 4 nitrogen and oxygen atoms in total. The third kappa shape index (κ3) is 1.86. The molecule has 0 aliphatic carbocycles. The van der Waals surface area contributed by atoms with Gasteiger partial charge in [-0.05, 0) is 23.9 Å². The average Bonchev–Trinajstić information content (AvgIpc) is 2.96. The van der Waals surface area contributed by atoms with E-state index in [4.69, 9.17) is 0 Å². The maximum Gasteiger partial charge on any atom is 0.139 e. The van der Waals surface area contributed by atoms with E-state index in [0.29, 0.717) is 0 Å². The molecule has 0 radical (unpaired) electrons. The first kappa shape index (κ1) is 11.2. The molecule has 0 aliphatic heterocycles. The van der Waals surface area contributed by atoms with Crippen LogP contribution in [0.15, 0.2) is 29.9 Å². The van der Waals surface area contributed by atoms with Crippen molar-refractivity contribution in [3.8, 4) is 0 Å². The Morgan fingerprint density at radius 1 is 1.39 bits per heavy atom. The van der Waals surface area contributed by atoms with Crippen LogP contribution in [-0.2, 0) is 13.5 Å². The van der Waals surface area contributed by atoms with E-state index < -0.39 is 0 Å². The Hall–Kier alpha value is -1.88. The number of aryl methyl sites for hydroxylation is 2. The number of pyridine rings is 1. The molecule has 0 bridgehead atoms. The maximum atomic E-state index is 4.42. The monoisotopic (exact) mass is 258 g/mol. The molecule has 92 valence electrons. The number of aromatic nitrogens is 3. The molecule has 0 spiro atoms. The van der Waals surface area contributed by atoms with Crippen LogP contribution in [-0.4, -0.2) is 14.8 Å². The van der Waals surface area contributed by atoms with Crippen LogP contribution in [0, 0.1) is 0 Å². The van der Waals surface area contributed by atoms with E-state index in [1.54, 1.807) is 11.3 Å². The van der Waals surface area contributed by atoms with Crippen LogP contribution in [0.3, 0.4) is 0 Å². The smallest absolute Gasteiger partial charge is 0.139 e. The number of thiophene rings is 1. The van der Waals surface area contributed by atoms with E-state index in [1.165, 1.54) is 4.70 Å². The summed E-state index contributed by atoms with van der Waals surface area (Å²) >= 11 is 1.73. The lowest BCUT2D eigenvalue weighted by Gasteiger charge is -2.05. The molecule has 0 unspecified atom stereocenters. The average molecular weight is 258 g/mol. The Labute approximate surface area is 109 Å². The Balaban J connectivity index is 2.03. The van der Waals surface area contributed by atoms with Crippen LogP contribution in [0.25, 0.3) is 10.1 Å². The summed E-state index contributed by atoms with van der Waals surface area (Å²) in [6.07, 6.45) is 4.73. The second kappa shape index (κ2) is 4.42. The normalized spacial score (nSPS) is 11.0. The number of hydrogen-bond donors (Lipinski definition) is 1. The highest BCUT2D eigenvalue weighted by Gasteiger charge is 2.09. The van der Waals surface area contributed by atoms with Gasteiger partial charge in [-0.2, -0.15) is 5.10 Å². The Bertz CT molecular complexity index is 683. The third-order valence-corrected chi connectivity index (χ3v) is 3.76.